The average Bonchev–Trinajstić information content (AvgIpc) is 2.47. The van der Waals surface area contributed by atoms with Crippen molar-refractivity contribution in [3.63, 3.8) is 0 Å². The van der Waals surface area contributed by atoms with Crippen molar-refractivity contribution in [2.24, 2.45) is 0 Å². The van der Waals surface area contributed by atoms with Gasteiger partial charge in [-0.3, -0.25) is 0 Å². The normalized spacial score (nSPS) is 18.6. The molecular weight excluding hydrogens is 316 g/mol. The highest BCUT2D eigenvalue weighted by atomic mass is 35.5. The molecule has 6 heteroatoms. The number of likely N-dealkylation sites (tertiary alicyclic amines) is 1. The molecule has 1 amide bonds. The van der Waals surface area contributed by atoms with Gasteiger partial charge in [-0.2, -0.15) is 0 Å². The number of carbonyl (C=O) groups excluding carboxylic acids is 1. The molecule has 5 nitrogen and oxygen atoms in total. The van der Waals surface area contributed by atoms with Gasteiger partial charge in [0, 0.05) is 18.8 Å². The van der Waals surface area contributed by atoms with Gasteiger partial charge in [0.25, 0.3) is 0 Å². The Hall–Kier alpha value is -1.62. The van der Waals surface area contributed by atoms with Crippen LogP contribution in [0, 0.1) is 0 Å². The highest BCUT2D eigenvalue weighted by Gasteiger charge is 2.30. The van der Waals surface area contributed by atoms with Gasteiger partial charge in [-0.15, -0.1) is 0 Å². The van der Waals surface area contributed by atoms with E-state index in [0.717, 1.165) is 31.5 Å². The van der Waals surface area contributed by atoms with Crippen molar-refractivity contribution in [2.75, 3.05) is 18.4 Å². The Morgan fingerprint density at radius 1 is 1.43 bits per heavy atom. The Balaban J connectivity index is 1.98. The number of hydrogen-bond acceptors (Lipinski definition) is 4. The van der Waals surface area contributed by atoms with Crippen LogP contribution in [0.4, 0.5) is 10.5 Å². The molecule has 2 rings (SSSR count). The van der Waals surface area contributed by atoms with E-state index in [9.17, 15) is 9.90 Å². The van der Waals surface area contributed by atoms with Gasteiger partial charge in [0.2, 0.25) is 0 Å². The molecule has 0 bridgehead atoms. The van der Waals surface area contributed by atoms with Crippen LogP contribution in [0.3, 0.4) is 0 Å². The standard InChI is InChI=1S/C17H25ClN2O3/c1-17(2,3)23-16(22)20-9-5-4-6-13(20)11-19-12-7-8-15(21)14(18)10-12/h7-8,10,13,19,21H,4-6,9,11H2,1-3H3. The molecule has 1 fully saturated rings. The van der Waals surface area contributed by atoms with Crippen LogP contribution in [-0.2, 0) is 4.74 Å². The van der Waals surface area contributed by atoms with Gasteiger partial charge in [-0.25, -0.2) is 4.79 Å². The third-order valence-electron chi connectivity index (χ3n) is 3.74. The largest absolute Gasteiger partial charge is 0.506 e. The number of hydrogen-bond donors (Lipinski definition) is 2. The third-order valence-corrected chi connectivity index (χ3v) is 4.05. The molecule has 23 heavy (non-hydrogen) atoms. The number of ether oxygens (including phenoxy) is 1. The van der Waals surface area contributed by atoms with Crippen LogP contribution < -0.4 is 5.32 Å². The molecule has 0 spiro atoms. The van der Waals surface area contributed by atoms with E-state index in [0.29, 0.717) is 11.6 Å². The predicted octanol–water partition coefficient (Wildman–Crippen LogP) is 4.25. The number of halogens is 1. The minimum atomic E-state index is -0.489. The fourth-order valence-electron chi connectivity index (χ4n) is 2.63. The van der Waals surface area contributed by atoms with E-state index in [4.69, 9.17) is 16.3 Å². The smallest absolute Gasteiger partial charge is 0.410 e. The Morgan fingerprint density at radius 3 is 2.83 bits per heavy atom. The number of aromatic hydroxyl groups is 1. The van der Waals surface area contributed by atoms with Crippen molar-refractivity contribution in [1.82, 2.24) is 4.90 Å². The summed E-state index contributed by atoms with van der Waals surface area (Å²) in [6.45, 7) is 6.97. The second kappa shape index (κ2) is 7.30. The van der Waals surface area contributed by atoms with Crippen LogP contribution in [0.5, 0.6) is 5.75 Å². The molecule has 1 aromatic rings. The zero-order valence-electron chi connectivity index (χ0n) is 13.9. The molecule has 1 aliphatic rings. The summed E-state index contributed by atoms with van der Waals surface area (Å²) in [6, 6.07) is 5.09. The van der Waals surface area contributed by atoms with Crippen LogP contribution in [0.25, 0.3) is 0 Å². The summed E-state index contributed by atoms with van der Waals surface area (Å²) >= 11 is 5.91. The van der Waals surface area contributed by atoms with Crippen LogP contribution in [-0.4, -0.2) is 40.8 Å². The number of nitrogens with zero attached hydrogens (tertiary/aromatic N) is 1. The molecule has 1 saturated heterocycles. The highest BCUT2D eigenvalue weighted by Crippen LogP contribution is 2.27. The van der Waals surface area contributed by atoms with E-state index in [1.807, 2.05) is 25.7 Å². The maximum absolute atomic E-state index is 12.4. The summed E-state index contributed by atoms with van der Waals surface area (Å²) in [7, 11) is 0. The average molecular weight is 341 g/mol. The number of phenolic OH excluding ortho intramolecular Hbond substituents is 1. The molecule has 1 aliphatic heterocycles. The fraction of sp³-hybridized carbons (Fsp3) is 0.588. The van der Waals surface area contributed by atoms with E-state index in [1.165, 1.54) is 0 Å². The van der Waals surface area contributed by atoms with E-state index in [-0.39, 0.29) is 17.9 Å². The number of anilines is 1. The summed E-state index contributed by atoms with van der Waals surface area (Å²) in [4.78, 5) is 14.2. The van der Waals surface area contributed by atoms with Crippen molar-refractivity contribution >= 4 is 23.4 Å². The molecule has 128 valence electrons. The van der Waals surface area contributed by atoms with Crippen molar-refractivity contribution in [3.8, 4) is 5.75 Å². The molecule has 0 aromatic heterocycles. The first-order valence-electron chi connectivity index (χ1n) is 7.98. The molecule has 1 atom stereocenters. The number of nitrogens with one attached hydrogen (secondary N) is 1. The fourth-order valence-corrected chi connectivity index (χ4v) is 2.81. The summed E-state index contributed by atoms with van der Waals surface area (Å²) in [5.41, 5.74) is 0.333. The minimum Gasteiger partial charge on any atom is -0.506 e. The van der Waals surface area contributed by atoms with Crippen LogP contribution >= 0.6 is 11.6 Å². The number of phenols is 1. The van der Waals surface area contributed by atoms with Crippen LogP contribution in [0.15, 0.2) is 18.2 Å². The SMILES string of the molecule is CC(C)(C)OC(=O)N1CCCCC1CNc1ccc(O)c(Cl)c1. The first-order valence-corrected chi connectivity index (χ1v) is 8.36. The van der Waals surface area contributed by atoms with Gasteiger partial charge in [-0.05, 0) is 58.2 Å². The summed E-state index contributed by atoms with van der Waals surface area (Å²) in [5.74, 6) is 0.0604. The summed E-state index contributed by atoms with van der Waals surface area (Å²) in [6.07, 6.45) is 2.79. The lowest BCUT2D eigenvalue weighted by Crippen LogP contribution is -2.48. The molecule has 0 saturated carbocycles. The molecule has 0 radical (unpaired) electrons. The number of amides is 1. The van der Waals surface area contributed by atoms with E-state index in [1.54, 1.807) is 18.2 Å². The highest BCUT2D eigenvalue weighted by molar-refractivity contribution is 6.32. The number of carbonyl (C=O) groups is 1. The van der Waals surface area contributed by atoms with Crippen molar-refractivity contribution in [2.45, 2.75) is 51.7 Å². The molecule has 0 aliphatic carbocycles. The van der Waals surface area contributed by atoms with Crippen molar-refractivity contribution in [1.29, 1.82) is 0 Å². The van der Waals surface area contributed by atoms with E-state index < -0.39 is 5.60 Å². The second-order valence-corrected chi connectivity index (χ2v) is 7.28. The maximum Gasteiger partial charge on any atom is 0.410 e. The lowest BCUT2D eigenvalue weighted by Gasteiger charge is -2.37. The first-order chi connectivity index (χ1) is 10.8. The third kappa shape index (κ3) is 5.20. The lowest BCUT2D eigenvalue weighted by atomic mass is 10.0. The topological polar surface area (TPSA) is 61.8 Å². The maximum atomic E-state index is 12.4. The second-order valence-electron chi connectivity index (χ2n) is 6.87. The van der Waals surface area contributed by atoms with Gasteiger partial charge in [-0.1, -0.05) is 11.6 Å². The van der Waals surface area contributed by atoms with Crippen molar-refractivity contribution in [3.05, 3.63) is 23.2 Å². The quantitative estimate of drug-likeness (QED) is 0.807. The molecule has 1 unspecified atom stereocenters. The van der Waals surface area contributed by atoms with Gasteiger partial charge < -0.3 is 20.1 Å². The summed E-state index contributed by atoms with van der Waals surface area (Å²) in [5, 5.41) is 13.0. The number of rotatable bonds is 3. The predicted molar refractivity (Wildman–Crippen MR) is 92.2 cm³/mol. The monoisotopic (exact) mass is 340 g/mol. The van der Waals surface area contributed by atoms with Gasteiger partial charge in [0.15, 0.2) is 0 Å². The van der Waals surface area contributed by atoms with Crippen LogP contribution in [0.1, 0.15) is 40.0 Å². The Labute approximate surface area is 142 Å². The Bertz CT molecular complexity index is 557. The zero-order chi connectivity index (χ0) is 17.0. The lowest BCUT2D eigenvalue weighted by molar-refractivity contribution is 0.0114. The van der Waals surface area contributed by atoms with Gasteiger partial charge in [0.1, 0.15) is 11.4 Å². The Morgan fingerprint density at radius 2 is 2.17 bits per heavy atom. The van der Waals surface area contributed by atoms with Crippen molar-refractivity contribution < 1.29 is 14.6 Å². The van der Waals surface area contributed by atoms with E-state index >= 15 is 0 Å². The summed E-state index contributed by atoms with van der Waals surface area (Å²) < 4.78 is 5.50. The first kappa shape index (κ1) is 17.7. The number of piperidine rings is 1. The zero-order valence-corrected chi connectivity index (χ0v) is 14.7. The molecule has 2 N–H and O–H groups in total. The van der Waals surface area contributed by atoms with Gasteiger partial charge >= 0.3 is 6.09 Å². The molecule has 1 heterocycles. The van der Waals surface area contributed by atoms with E-state index in [2.05, 4.69) is 5.32 Å². The van der Waals surface area contributed by atoms with Gasteiger partial charge in [0.05, 0.1) is 11.1 Å². The Kier molecular flexibility index (Phi) is 5.63. The van der Waals surface area contributed by atoms with Crippen LogP contribution in [0.2, 0.25) is 5.02 Å². The molecule has 1 aromatic carbocycles. The molecular formula is C17H25ClN2O3. The minimum absolute atomic E-state index is 0.0604. The number of benzene rings is 1.